The molecule has 2 aliphatic heterocycles. The van der Waals surface area contributed by atoms with Crippen molar-refractivity contribution in [1.29, 1.82) is 0 Å². The van der Waals surface area contributed by atoms with E-state index in [1.165, 1.54) is 16.7 Å². The summed E-state index contributed by atoms with van der Waals surface area (Å²) in [5.41, 5.74) is 4.25. The number of rotatable bonds is 4. The molecule has 2 heterocycles. The minimum atomic E-state index is -0.962. The van der Waals surface area contributed by atoms with Gasteiger partial charge in [0.1, 0.15) is 6.10 Å². The van der Waals surface area contributed by atoms with Gasteiger partial charge in [0.25, 0.3) is 0 Å². The molecule has 2 aromatic carbocycles. The largest absolute Gasteiger partial charge is 0.504 e. The topological polar surface area (TPSA) is 73.2 Å². The Labute approximate surface area is 213 Å². The summed E-state index contributed by atoms with van der Waals surface area (Å²) < 4.78 is 6.63. The van der Waals surface area contributed by atoms with Crippen molar-refractivity contribution in [3.05, 3.63) is 58.1 Å². The smallest absolute Gasteiger partial charge is 0.223 e. The zero-order chi connectivity index (χ0) is 25.6. The van der Waals surface area contributed by atoms with Gasteiger partial charge < -0.3 is 24.7 Å². The molecule has 4 aliphatic rings. The summed E-state index contributed by atoms with van der Waals surface area (Å²) >= 11 is 0. The third-order valence-corrected chi connectivity index (χ3v) is 10.1. The lowest BCUT2D eigenvalue weighted by atomic mass is 9.47. The summed E-state index contributed by atoms with van der Waals surface area (Å²) in [4.78, 5) is 17.7. The molecule has 2 fully saturated rings. The lowest BCUT2D eigenvalue weighted by Crippen LogP contribution is -2.79. The lowest BCUT2D eigenvalue weighted by molar-refractivity contribution is -0.208. The number of amides is 1. The van der Waals surface area contributed by atoms with Gasteiger partial charge in [0.05, 0.1) is 17.1 Å². The van der Waals surface area contributed by atoms with Crippen LogP contribution in [0.1, 0.15) is 54.0 Å². The van der Waals surface area contributed by atoms with Crippen molar-refractivity contribution in [2.24, 2.45) is 5.92 Å². The van der Waals surface area contributed by atoms with Gasteiger partial charge in [0, 0.05) is 25.1 Å². The number of piperidine rings is 1. The maximum Gasteiger partial charge on any atom is 0.223 e. The van der Waals surface area contributed by atoms with E-state index in [9.17, 15) is 15.0 Å². The normalized spacial score (nSPS) is 34.2. The summed E-state index contributed by atoms with van der Waals surface area (Å²) in [6.45, 7) is 7.20. The average Bonchev–Trinajstić information content (AvgIpc) is 3.18. The molecule has 2 N–H and O–H groups in total. The SMILES string of the molecule is Cc1ccc(CCC(=O)N(C)C2C(C)C[C@@]3(O)[C@H]4Cc5ccc(O)c6c5[C@@]3(CCN4C)C2O6)cc1C. The highest BCUT2D eigenvalue weighted by Crippen LogP contribution is 2.66. The summed E-state index contributed by atoms with van der Waals surface area (Å²) in [5.74, 6) is 0.799. The van der Waals surface area contributed by atoms with Crippen molar-refractivity contribution >= 4 is 5.91 Å². The van der Waals surface area contributed by atoms with E-state index >= 15 is 0 Å². The number of aliphatic hydroxyl groups is 1. The Kier molecular flexibility index (Phi) is 5.27. The van der Waals surface area contributed by atoms with Gasteiger partial charge in [-0.2, -0.15) is 0 Å². The van der Waals surface area contributed by atoms with E-state index in [4.69, 9.17) is 4.74 Å². The molecule has 0 aromatic heterocycles. The molecule has 6 nitrogen and oxygen atoms in total. The fraction of sp³-hybridized carbons (Fsp3) is 0.567. The van der Waals surface area contributed by atoms with Crippen molar-refractivity contribution in [2.75, 3.05) is 20.6 Å². The lowest BCUT2D eigenvalue weighted by Gasteiger charge is -2.65. The van der Waals surface area contributed by atoms with E-state index in [0.717, 1.165) is 30.5 Å². The molecule has 6 rings (SSSR count). The number of likely N-dealkylation sites (N-methyl/N-ethyl adjacent to an activating group) is 2. The van der Waals surface area contributed by atoms with Crippen LogP contribution in [0.2, 0.25) is 0 Å². The van der Waals surface area contributed by atoms with Crippen LogP contribution in [0.5, 0.6) is 11.5 Å². The molecule has 6 atom stereocenters. The van der Waals surface area contributed by atoms with Crippen LogP contribution in [-0.2, 0) is 23.1 Å². The Morgan fingerprint density at radius 2 is 2.00 bits per heavy atom. The van der Waals surface area contributed by atoms with Crippen LogP contribution in [-0.4, -0.2) is 70.3 Å². The molecule has 3 unspecified atom stereocenters. The number of phenols is 1. The summed E-state index contributed by atoms with van der Waals surface area (Å²) in [6.07, 6.45) is 2.84. The molecule has 2 aliphatic carbocycles. The molecule has 2 aromatic rings. The van der Waals surface area contributed by atoms with Gasteiger partial charge in [-0.05, 0) is 87.4 Å². The van der Waals surface area contributed by atoms with Gasteiger partial charge in [0.2, 0.25) is 5.91 Å². The molecule has 36 heavy (non-hydrogen) atoms. The molecule has 1 amide bonds. The van der Waals surface area contributed by atoms with E-state index in [1.54, 1.807) is 6.07 Å². The number of aryl methyl sites for hydroxylation is 3. The molecular formula is C30H38N2O4. The second-order valence-corrected chi connectivity index (χ2v) is 11.9. The number of hydrogen-bond donors (Lipinski definition) is 2. The molecular weight excluding hydrogens is 452 g/mol. The van der Waals surface area contributed by atoms with Crippen LogP contribution in [0.15, 0.2) is 30.3 Å². The maximum atomic E-state index is 13.6. The van der Waals surface area contributed by atoms with Crippen molar-refractivity contribution < 1.29 is 19.7 Å². The molecule has 0 radical (unpaired) electrons. The fourth-order valence-corrected chi connectivity index (χ4v) is 8.14. The second kappa shape index (κ2) is 7.96. The first kappa shape index (κ1) is 23.8. The molecule has 2 bridgehead atoms. The van der Waals surface area contributed by atoms with Gasteiger partial charge in [-0.25, -0.2) is 0 Å². The third kappa shape index (κ3) is 3.00. The minimum absolute atomic E-state index is 0.00507. The number of carbonyl (C=O) groups excluding carboxylic acids is 1. The number of benzene rings is 2. The predicted octanol–water partition coefficient (Wildman–Crippen LogP) is 3.50. The van der Waals surface area contributed by atoms with Crippen molar-refractivity contribution in [2.45, 2.75) is 82.1 Å². The van der Waals surface area contributed by atoms with Crippen LogP contribution in [0, 0.1) is 19.8 Å². The van der Waals surface area contributed by atoms with Crippen molar-refractivity contribution in [1.82, 2.24) is 9.80 Å². The minimum Gasteiger partial charge on any atom is -0.504 e. The Hall–Kier alpha value is -2.57. The quantitative estimate of drug-likeness (QED) is 0.686. The predicted molar refractivity (Wildman–Crippen MR) is 138 cm³/mol. The zero-order valence-corrected chi connectivity index (χ0v) is 22.0. The standard InChI is InChI=1S/C30H38N2O4/c1-17-6-7-20(14-18(17)2)8-11-24(34)32(5)26-19(3)16-30(35)23-15-21-9-10-22(33)27-25(21)29(30,28(26)36-27)12-13-31(23)4/h6-7,9-10,14,19,23,26,28,33,35H,8,11-13,15-16H2,1-5H3/t19?,23-,26?,28?,29+,30-/m1/s1. The number of carbonyl (C=O) groups is 1. The highest BCUT2D eigenvalue weighted by molar-refractivity contribution is 5.77. The van der Waals surface area contributed by atoms with E-state index in [2.05, 4.69) is 50.9 Å². The first-order valence-corrected chi connectivity index (χ1v) is 13.3. The third-order valence-electron chi connectivity index (χ3n) is 10.1. The van der Waals surface area contributed by atoms with Crippen LogP contribution in [0.4, 0.5) is 0 Å². The zero-order valence-electron chi connectivity index (χ0n) is 22.0. The Morgan fingerprint density at radius 3 is 2.75 bits per heavy atom. The van der Waals surface area contributed by atoms with Crippen molar-refractivity contribution in [3.8, 4) is 11.5 Å². The van der Waals surface area contributed by atoms with Crippen LogP contribution < -0.4 is 4.74 Å². The van der Waals surface area contributed by atoms with Gasteiger partial charge in [-0.1, -0.05) is 31.2 Å². The number of likely N-dealkylation sites (tertiary alicyclic amines) is 1. The van der Waals surface area contributed by atoms with E-state index in [-0.39, 0.29) is 35.8 Å². The second-order valence-electron chi connectivity index (χ2n) is 11.9. The molecule has 192 valence electrons. The Balaban J connectivity index is 1.35. The molecule has 1 saturated heterocycles. The number of phenolic OH excluding ortho intramolecular Hbond substituents is 1. The van der Waals surface area contributed by atoms with Gasteiger partial charge in [-0.3, -0.25) is 4.79 Å². The van der Waals surface area contributed by atoms with Crippen LogP contribution >= 0.6 is 0 Å². The van der Waals surface area contributed by atoms with E-state index < -0.39 is 11.0 Å². The number of hydrogen-bond acceptors (Lipinski definition) is 5. The Bertz CT molecular complexity index is 1240. The number of ether oxygens (including phenoxy) is 1. The summed E-state index contributed by atoms with van der Waals surface area (Å²) in [5, 5.41) is 23.3. The highest BCUT2D eigenvalue weighted by atomic mass is 16.5. The van der Waals surface area contributed by atoms with Gasteiger partial charge in [0.15, 0.2) is 11.5 Å². The number of nitrogens with zero attached hydrogens (tertiary/aromatic N) is 2. The first-order chi connectivity index (χ1) is 17.1. The summed E-state index contributed by atoms with van der Waals surface area (Å²) in [6, 6.07) is 9.94. The van der Waals surface area contributed by atoms with Gasteiger partial charge in [-0.15, -0.1) is 0 Å². The monoisotopic (exact) mass is 490 g/mol. The molecule has 1 spiro atoms. The van der Waals surface area contributed by atoms with Crippen molar-refractivity contribution in [3.63, 3.8) is 0 Å². The molecule has 6 heteroatoms. The fourth-order valence-electron chi connectivity index (χ4n) is 8.14. The van der Waals surface area contributed by atoms with Gasteiger partial charge >= 0.3 is 0 Å². The van der Waals surface area contributed by atoms with E-state index in [0.29, 0.717) is 25.0 Å². The van der Waals surface area contributed by atoms with Crippen LogP contribution in [0.3, 0.4) is 0 Å². The summed E-state index contributed by atoms with van der Waals surface area (Å²) in [7, 11) is 4.00. The average molecular weight is 491 g/mol. The highest BCUT2D eigenvalue weighted by Gasteiger charge is 2.74. The van der Waals surface area contributed by atoms with E-state index in [1.807, 2.05) is 18.0 Å². The first-order valence-electron chi connectivity index (χ1n) is 13.3. The molecule has 1 saturated carbocycles. The number of aromatic hydroxyl groups is 1. The van der Waals surface area contributed by atoms with Crippen LogP contribution in [0.25, 0.3) is 0 Å². The maximum absolute atomic E-state index is 13.6. The Morgan fingerprint density at radius 1 is 1.22 bits per heavy atom.